The predicted octanol–water partition coefficient (Wildman–Crippen LogP) is 2.00. The van der Waals surface area contributed by atoms with Crippen LogP contribution in [0.15, 0.2) is 53.8 Å². The number of nitrogens with two attached hydrogens (primary N) is 1. The van der Waals surface area contributed by atoms with E-state index in [4.69, 9.17) is 18.0 Å². The number of anilines is 2. The van der Waals surface area contributed by atoms with Crippen LogP contribution < -0.4 is 21.0 Å². The third-order valence-electron chi connectivity index (χ3n) is 5.44. The van der Waals surface area contributed by atoms with Crippen LogP contribution in [0.4, 0.5) is 11.4 Å². The van der Waals surface area contributed by atoms with Gasteiger partial charge in [-0.25, -0.2) is 0 Å². The Morgan fingerprint density at radius 1 is 0.931 bits per heavy atom. The van der Waals surface area contributed by atoms with Crippen molar-refractivity contribution in [3.05, 3.63) is 54.4 Å². The van der Waals surface area contributed by atoms with Crippen molar-refractivity contribution in [3.8, 4) is 0 Å². The third-order valence-corrected chi connectivity index (χ3v) is 5.79. The van der Waals surface area contributed by atoms with Crippen LogP contribution in [0.25, 0.3) is 0 Å². The quantitative estimate of drug-likeness (QED) is 0.346. The number of thiocarbonyl (C=S) groups is 1. The molecule has 0 aliphatic carbocycles. The maximum absolute atomic E-state index is 6.16. The van der Waals surface area contributed by atoms with Crippen molar-refractivity contribution in [2.24, 2.45) is 10.8 Å². The van der Waals surface area contributed by atoms with Gasteiger partial charge in [0.1, 0.15) is 5.69 Å². The fourth-order valence-corrected chi connectivity index (χ4v) is 4.00. The maximum atomic E-state index is 6.16. The average molecular weight is 410 g/mol. The van der Waals surface area contributed by atoms with E-state index in [1.165, 1.54) is 18.5 Å². The zero-order chi connectivity index (χ0) is 20.1. The summed E-state index contributed by atoms with van der Waals surface area (Å²) >= 11 is 5.52. The minimum atomic E-state index is 0.344. The van der Waals surface area contributed by atoms with Crippen LogP contribution in [0.2, 0.25) is 0 Å². The number of benzene rings is 1. The lowest BCUT2D eigenvalue weighted by Gasteiger charge is -2.36. The molecule has 0 saturated carbocycles. The second kappa shape index (κ2) is 9.09. The second-order valence-electron chi connectivity index (χ2n) is 7.32. The van der Waals surface area contributed by atoms with Crippen molar-refractivity contribution in [3.63, 3.8) is 0 Å². The zero-order valence-corrected chi connectivity index (χ0v) is 17.3. The minimum absolute atomic E-state index is 0.344. The third kappa shape index (κ3) is 4.76. The highest BCUT2D eigenvalue weighted by atomic mass is 32.1. The van der Waals surface area contributed by atoms with Crippen molar-refractivity contribution in [2.45, 2.75) is 12.8 Å². The lowest BCUT2D eigenvalue weighted by molar-refractivity contribution is 0.381. The Balaban J connectivity index is 1.32. The molecular weight excluding hydrogens is 382 g/mol. The van der Waals surface area contributed by atoms with Gasteiger partial charge in [-0.3, -0.25) is 10.4 Å². The number of rotatable bonds is 4. The first-order valence-electron chi connectivity index (χ1n) is 10.1. The van der Waals surface area contributed by atoms with E-state index in [2.05, 4.69) is 54.5 Å². The first-order chi connectivity index (χ1) is 14.2. The highest BCUT2D eigenvalue weighted by molar-refractivity contribution is 7.80. The largest absolute Gasteiger partial charge is 0.380 e. The van der Waals surface area contributed by atoms with Crippen molar-refractivity contribution >= 4 is 34.5 Å². The van der Waals surface area contributed by atoms with Gasteiger partial charge in [-0.05, 0) is 49.3 Å². The van der Waals surface area contributed by atoms with E-state index in [1.54, 1.807) is 6.20 Å². The van der Waals surface area contributed by atoms with Crippen LogP contribution in [0.1, 0.15) is 18.5 Å². The van der Waals surface area contributed by atoms with Gasteiger partial charge in [0.2, 0.25) is 0 Å². The summed E-state index contributed by atoms with van der Waals surface area (Å²) in [5.41, 5.74) is 12.2. The summed E-state index contributed by atoms with van der Waals surface area (Å²) in [4.78, 5) is 11.2. The molecule has 1 aromatic heterocycles. The number of pyridine rings is 1. The molecule has 2 aromatic rings. The van der Waals surface area contributed by atoms with Crippen molar-refractivity contribution < 1.29 is 0 Å². The number of hydrogen-bond donors (Lipinski definition) is 2. The fraction of sp³-hybridized carbons (Fsp3) is 0.381. The number of piperazine rings is 1. The van der Waals surface area contributed by atoms with Gasteiger partial charge in [-0.15, -0.1) is 0 Å². The average Bonchev–Trinajstić information content (AvgIpc) is 3.33. The van der Waals surface area contributed by atoms with E-state index in [-0.39, 0.29) is 0 Å². The van der Waals surface area contributed by atoms with Crippen LogP contribution in [0, 0.1) is 0 Å². The lowest BCUT2D eigenvalue weighted by atomic mass is 10.2. The highest BCUT2D eigenvalue weighted by Gasteiger charge is 2.19. The number of nitrogens with one attached hydrogen (secondary N) is 1. The molecule has 4 rings (SSSR count). The number of aromatic nitrogens is 1. The van der Waals surface area contributed by atoms with Gasteiger partial charge in [0.05, 0.1) is 0 Å². The van der Waals surface area contributed by atoms with E-state index >= 15 is 0 Å². The molecule has 2 saturated heterocycles. The highest BCUT2D eigenvalue weighted by Crippen LogP contribution is 2.20. The van der Waals surface area contributed by atoms with Crippen molar-refractivity contribution in [1.29, 1.82) is 0 Å². The molecule has 2 fully saturated rings. The summed E-state index contributed by atoms with van der Waals surface area (Å²) < 4.78 is 0. The van der Waals surface area contributed by atoms with Crippen molar-refractivity contribution in [1.82, 2.24) is 15.3 Å². The van der Waals surface area contributed by atoms with E-state index in [0.717, 1.165) is 45.0 Å². The molecule has 0 atom stereocenters. The molecule has 3 heterocycles. The summed E-state index contributed by atoms with van der Waals surface area (Å²) in [7, 11) is 0. The Hall–Kier alpha value is -2.87. The Bertz CT molecular complexity index is 856. The van der Waals surface area contributed by atoms with E-state index < -0.39 is 0 Å². The fourth-order valence-electron chi connectivity index (χ4n) is 3.77. The van der Waals surface area contributed by atoms with Gasteiger partial charge in [-0.1, -0.05) is 18.2 Å². The Morgan fingerprint density at radius 2 is 1.62 bits per heavy atom. The molecule has 0 amide bonds. The number of amidine groups is 1. The summed E-state index contributed by atoms with van der Waals surface area (Å²) in [6.45, 7) is 5.70. The summed E-state index contributed by atoms with van der Waals surface area (Å²) in [6, 6.07) is 14.5. The van der Waals surface area contributed by atoms with E-state index in [1.807, 2.05) is 18.2 Å². The molecule has 29 heavy (non-hydrogen) atoms. The van der Waals surface area contributed by atoms with Gasteiger partial charge >= 0.3 is 0 Å². The molecule has 2 aliphatic rings. The zero-order valence-electron chi connectivity index (χ0n) is 16.5. The topological polar surface area (TPSA) is 73.0 Å². The van der Waals surface area contributed by atoms with Crippen LogP contribution in [0.3, 0.4) is 0 Å². The van der Waals surface area contributed by atoms with Crippen LogP contribution >= 0.6 is 12.2 Å². The Labute approximate surface area is 177 Å². The molecular formula is C21H27N7S. The molecule has 2 aliphatic heterocycles. The standard InChI is InChI=1S/C21H27N7S/c22-20(19-16-18(8-9-23-19)26-10-4-5-11-26)24-25-21(29)28-14-12-27(13-15-28)17-6-2-1-3-7-17/h1-3,6-9,16H,4-5,10-15H2,(H2,22,24)(H,25,29). The number of hydrogen-bond acceptors (Lipinski definition) is 5. The molecule has 0 radical (unpaired) electrons. The van der Waals surface area contributed by atoms with E-state index in [0.29, 0.717) is 16.6 Å². The van der Waals surface area contributed by atoms with Crippen LogP contribution in [0.5, 0.6) is 0 Å². The van der Waals surface area contributed by atoms with Crippen LogP contribution in [-0.2, 0) is 0 Å². The number of hydrazone groups is 1. The lowest BCUT2D eigenvalue weighted by Crippen LogP contribution is -2.51. The Morgan fingerprint density at radius 3 is 2.34 bits per heavy atom. The molecule has 7 nitrogen and oxygen atoms in total. The molecule has 0 spiro atoms. The minimum Gasteiger partial charge on any atom is -0.380 e. The smallest absolute Gasteiger partial charge is 0.189 e. The molecule has 8 heteroatoms. The van der Waals surface area contributed by atoms with Gasteiger partial charge in [0.25, 0.3) is 0 Å². The van der Waals surface area contributed by atoms with Gasteiger partial charge < -0.3 is 20.4 Å². The molecule has 1 aromatic carbocycles. The van der Waals surface area contributed by atoms with E-state index in [9.17, 15) is 0 Å². The second-order valence-corrected chi connectivity index (χ2v) is 7.70. The van der Waals surface area contributed by atoms with Gasteiger partial charge in [-0.2, -0.15) is 5.10 Å². The van der Waals surface area contributed by atoms with Gasteiger partial charge in [0, 0.05) is 56.8 Å². The first kappa shape index (κ1) is 19.4. The number of nitrogens with zero attached hydrogens (tertiary/aromatic N) is 5. The monoisotopic (exact) mass is 409 g/mol. The van der Waals surface area contributed by atoms with Gasteiger partial charge in [0.15, 0.2) is 10.9 Å². The van der Waals surface area contributed by atoms with Crippen LogP contribution in [-0.4, -0.2) is 60.1 Å². The van der Waals surface area contributed by atoms with Crippen molar-refractivity contribution in [2.75, 3.05) is 49.1 Å². The summed E-state index contributed by atoms with van der Waals surface area (Å²) in [5, 5.41) is 4.88. The molecule has 152 valence electrons. The molecule has 3 N–H and O–H groups in total. The molecule has 0 bridgehead atoms. The molecule has 0 unspecified atom stereocenters. The Kier molecular flexibility index (Phi) is 6.09. The SMILES string of the molecule is NC(=NNC(=S)N1CCN(c2ccccc2)CC1)c1cc(N2CCCC2)ccn1. The predicted molar refractivity (Wildman–Crippen MR) is 122 cm³/mol. The summed E-state index contributed by atoms with van der Waals surface area (Å²) in [5.74, 6) is 0.344. The first-order valence-corrected chi connectivity index (χ1v) is 10.5. The number of para-hydroxylation sites is 1. The summed E-state index contributed by atoms with van der Waals surface area (Å²) in [6.07, 6.45) is 4.25. The normalized spacial score (nSPS) is 17.5. The maximum Gasteiger partial charge on any atom is 0.189 e.